The Hall–Kier alpha value is -2.04. The Bertz CT molecular complexity index is 595. The van der Waals surface area contributed by atoms with Gasteiger partial charge in [0.05, 0.1) is 6.54 Å². The predicted molar refractivity (Wildman–Crippen MR) is 69.7 cm³/mol. The van der Waals surface area contributed by atoms with Crippen LogP contribution in [0, 0.1) is 0 Å². The van der Waals surface area contributed by atoms with Crippen molar-refractivity contribution in [1.82, 2.24) is 14.6 Å². The topological polar surface area (TPSA) is 51.3 Å². The smallest absolute Gasteiger partial charge is 0.270 e. The lowest BCUT2D eigenvalue weighted by molar-refractivity contribution is 0.0772. The van der Waals surface area contributed by atoms with Crippen LogP contribution >= 0.6 is 0 Å². The van der Waals surface area contributed by atoms with Gasteiger partial charge in [-0.05, 0) is 25.0 Å². The maximum absolute atomic E-state index is 12.2. The first kappa shape index (κ1) is 12.0. The Balaban J connectivity index is 1.68. The molecule has 3 rings (SSSR count). The zero-order valence-electron chi connectivity index (χ0n) is 11.2. The summed E-state index contributed by atoms with van der Waals surface area (Å²) in [4.78, 5) is 13.9. The molecular formula is C14H17N3O2. The molecule has 2 heterocycles. The summed E-state index contributed by atoms with van der Waals surface area (Å²) in [5, 5.41) is 4.03. The Morgan fingerprint density at radius 2 is 2.37 bits per heavy atom. The number of carbonyl (C=O) groups excluding carboxylic acids is 1. The van der Waals surface area contributed by atoms with Gasteiger partial charge in [-0.25, -0.2) is 0 Å². The van der Waals surface area contributed by atoms with Gasteiger partial charge in [0.15, 0.2) is 0 Å². The zero-order valence-corrected chi connectivity index (χ0v) is 11.2. The van der Waals surface area contributed by atoms with Crippen molar-refractivity contribution < 1.29 is 9.32 Å². The summed E-state index contributed by atoms with van der Waals surface area (Å²) in [6.07, 6.45) is 4.24. The van der Waals surface area contributed by atoms with Crippen LogP contribution in [-0.4, -0.2) is 27.6 Å². The predicted octanol–water partition coefficient (Wildman–Crippen LogP) is 2.16. The molecule has 1 fully saturated rings. The van der Waals surface area contributed by atoms with E-state index in [4.69, 9.17) is 4.52 Å². The molecule has 0 N–H and O–H groups in total. The second-order valence-electron chi connectivity index (χ2n) is 5.16. The molecule has 1 saturated carbocycles. The molecule has 5 nitrogen and oxygen atoms in total. The summed E-state index contributed by atoms with van der Waals surface area (Å²) >= 11 is 0. The van der Waals surface area contributed by atoms with Crippen molar-refractivity contribution in [2.75, 3.05) is 7.05 Å². The lowest BCUT2D eigenvalue weighted by Crippen LogP contribution is -2.27. The quantitative estimate of drug-likeness (QED) is 0.845. The van der Waals surface area contributed by atoms with Crippen LogP contribution < -0.4 is 0 Å². The van der Waals surface area contributed by atoms with E-state index in [-0.39, 0.29) is 5.91 Å². The van der Waals surface area contributed by atoms with Crippen molar-refractivity contribution in [3.8, 4) is 0 Å². The van der Waals surface area contributed by atoms with Gasteiger partial charge in [-0.2, -0.15) is 0 Å². The first-order valence-corrected chi connectivity index (χ1v) is 6.47. The summed E-state index contributed by atoms with van der Waals surface area (Å²) in [5.74, 6) is 1.49. The molecule has 0 saturated heterocycles. The summed E-state index contributed by atoms with van der Waals surface area (Å²) in [7, 11) is 3.64. The SMILES string of the molecule is CN(Cc1cc(C2CC2)on1)C(=O)c1cccn1C. The fourth-order valence-electron chi connectivity index (χ4n) is 2.16. The van der Waals surface area contributed by atoms with Gasteiger partial charge in [0.2, 0.25) is 0 Å². The molecule has 5 heteroatoms. The Morgan fingerprint density at radius 1 is 1.58 bits per heavy atom. The van der Waals surface area contributed by atoms with Gasteiger partial charge in [-0.15, -0.1) is 0 Å². The summed E-state index contributed by atoms with van der Waals surface area (Å²) in [5.41, 5.74) is 1.49. The maximum atomic E-state index is 12.2. The van der Waals surface area contributed by atoms with E-state index in [0.29, 0.717) is 18.2 Å². The second-order valence-corrected chi connectivity index (χ2v) is 5.16. The largest absolute Gasteiger partial charge is 0.361 e. The molecule has 1 aliphatic rings. The molecule has 100 valence electrons. The van der Waals surface area contributed by atoms with Gasteiger partial charge in [0, 0.05) is 32.3 Å². The van der Waals surface area contributed by atoms with Crippen LogP contribution in [0.2, 0.25) is 0 Å². The van der Waals surface area contributed by atoms with E-state index in [1.807, 2.05) is 36.0 Å². The first-order valence-electron chi connectivity index (χ1n) is 6.47. The van der Waals surface area contributed by atoms with Crippen LogP contribution in [0.25, 0.3) is 0 Å². The van der Waals surface area contributed by atoms with Crippen molar-refractivity contribution in [2.24, 2.45) is 7.05 Å². The Morgan fingerprint density at radius 3 is 3.00 bits per heavy atom. The fraction of sp³-hybridized carbons (Fsp3) is 0.429. The molecular weight excluding hydrogens is 242 g/mol. The summed E-state index contributed by atoms with van der Waals surface area (Å²) in [6, 6.07) is 5.64. The number of aromatic nitrogens is 2. The molecule has 1 aliphatic carbocycles. The third kappa shape index (κ3) is 2.41. The van der Waals surface area contributed by atoms with Crippen LogP contribution in [0.5, 0.6) is 0 Å². The molecule has 2 aromatic rings. The van der Waals surface area contributed by atoms with Crippen LogP contribution in [-0.2, 0) is 13.6 Å². The van der Waals surface area contributed by atoms with Gasteiger partial charge in [-0.1, -0.05) is 5.16 Å². The highest BCUT2D eigenvalue weighted by atomic mass is 16.5. The maximum Gasteiger partial charge on any atom is 0.270 e. The van der Waals surface area contributed by atoms with Crippen LogP contribution in [0.3, 0.4) is 0 Å². The Labute approximate surface area is 111 Å². The minimum absolute atomic E-state index is 0.0107. The van der Waals surface area contributed by atoms with Crippen LogP contribution in [0.1, 0.15) is 40.7 Å². The highest BCUT2D eigenvalue weighted by molar-refractivity contribution is 5.92. The molecule has 19 heavy (non-hydrogen) atoms. The first-order chi connectivity index (χ1) is 9.15. The van der Waals surface area contributed by atoms with E-state index < -0.39 is 0 Å². The van der Waals surface area contributed by atoms with Gasteiger partial charge in [0.1, 0.15) is 17.1 Å². The highest BCUT2D eigenvalue weighted by Crippen LogP contribution is 2.40. The fourth-order valence-corrected chi connectivity index (χ4v) is 2.16. The third-order valence-electron chi connectivity index (χ3n) is 3.47. The molecule has 1 amide bonds. The normalized spacial score (nSPS) is 14.6. The van der Waals surface area contributed by atoms with Gasteiger partial charge in [-0.3, -0.25) is 4.79 Å². The average Bonchev–Trinajstić information content (AvgIpc) is 3.00. The molecule has 2 aromatic heterocycles. The number of aryl methyl sites for hydroxylation is 1. The van der Waals surface area contributed by atoms with E-state index in [0.717, 1.165) is 11.5 Å². The second kappa shape index (κ2) is 4.57. The standard InChI is InChI=1S/C14H17N3O2/c1-16-7-3-4-12(16)14(18)17(2)9-11-8-13(19-15-11)10-5-6-10/h3-4,7-8,10H,5-6,9H2,1-2H3. The number of hydrogen-bond acceptors (Lipinski definition) is 3. The van der Waals surface area contributed by atoms with E-state index in [9.17, 15) is 4.79 Å². The monoisotopic (exact) mass is 259 g/mol. The van der Waals surface area contributed by atoms with Gasteiger partial charge < -0.3 is 14.0 Å². The van der Waals surface area contributed by atoms with Crippen molar-refractivity contribution in [1.29, 1.82) is 0 Å². The number of rotatable bonds is 4. The molecule has 0 radical (unpaired) electrons. The van der Waals surface area contributed by atoms with E-state index in [1.54, 1.807) is 11.9 Å². The minimum atomic E-state index is -0.0107. The zero-order chi connectivity index (χ0) is 13.4. The highest BCUT2D eigenvalue weighted by Gasteiger charge is 2.28. The van der Waals surface area contributed by atoms with Crippen molar-refractivity contribution in [3.05, 3.63) is 41.5 Å². The lowest BCUT2D eigenvalue weighted by Gasteiger charge is -2.15. The molecule has 0 aliphatic heterocycles. The summed E-state index contributed by atoms with van der Waals surface area (Å²) in [6.45, 7) is 0.472. The number of carbonyl (C=O) groups is 1. The summed E-state index contributed by atoms with van der Waals surface area (Å²) < 4.78 is 7.11. The number of nitrogens with zero attached hydrogens (tertiary/aromatic N) is 3. The van der Waals surface area contributed by atoms with Crippen LogP contribution in [0.15, 0.2) is 28.9 Å². The van der Waals surface area contributed by atoms with E-state index in [1.165, 1.54) is 12.8 Å². The molecule has 0 atom stereocenters. The molecule has 0 unspecified atom stereocenters. The lowest BCUT2D eigenvalue weighted by atomic mass is 10.2. The van der Waals surface area contributed by atoms with Crippen molar-refractivity contribution in [2.45, 2.75) is 25.3 Å². The van der Waals surface area contributed by atoms with Crippen molar-refractivity contribution >= 4 is 5.91 Å². The average molecular weight is 259 g/mol. The van der Waals surface area contributed by atoms with E-state index in [2.05, 4.69) is 5.16 Å². The molecule has 0 spiro atoms. The minimum Gasteiger partial charge on any atom is -0.361 e. The molecule has 0 aromatic carbocycles. The van der Waals surface area contributed by atoms with Crippen molar-refractivity contribution in [3.63, 3.8) is 0 Å². The third-order valence-corrected chi connectivity index (χ3v) is 3.47. The Kier molecular flexibility index (Phi) is 2.89. The number of hydrogen-bond donors (Lipinski definition) is 0. The van der Waals surface area contributed by atoms with Gasteiger partial charge in [0.25, 0.3) is 5.91 Å². The van der Waals surface area contributed by atoms with E-state index >= 15 is 0 Å². The molecule has 0 bridgehead atoms. The van der Waals surface area contributed by atoms with Crippen LogP contribution in [0.4, 0.5) is 0 Å². The number of amides is 1. The van der Waals surface area contributed by atoms with Gasteiger partial charge >= 0.3 is 0 Å².